The van der Waals surface area contributed by atoms with Crippen LogP contribution in [0, 0.1) is 18.8 Å². The topological polar surface area (TPSA) is 74.3 Å². The maximum Gasteiger partial charge on any atom is 0.308 e. The van der Waals surface area contributed by atoms with Crippen molar-refractivity contribution in [1.29, 1.82) is 0 Å². The smallest absolute Gasteiger partial charge is 0.308 e. The number of benzene rings is 1. The van der Waals surface area contributed by atoms with Gasteiger partial charge in [-0.2, -0.15) is 0 Å². The normalized spacial score (nSPS) is 20.9. The van der Waals surface area contributed by atoms with Crippen molar-refractivity contribution in [3.8, 4) is 0 Å². The summed E-state index contributed by atoms with van der Waals surface area (Å²) >= 11 is 0. The third-order valence-electron chi connectivity index (χ3n) is 5.20. The lowest BCUT2D eigenvalue weighted by molar-refractivity contribution is -0.146. The summed E-state index contributed by atoms with van der Waals surface area (Å²) in [6.07, 6.45) is 5.97. The minimum absolute atomic E-state index is 0.0517. The highest BCUT2D eigenvalue weighted by Gasteiger charge is 2.27. The van der Waals surface area contributed by atoms with E-state index in [-0.39, 0.29) is 11.9 Å². The maximum absolute atomic E-state index is 11.6. The second-order valence-corrected chi connectivity index (χ2v) is 6.80. The summed E-state index contributed by atoms with van der Waals surface area (Å²) in [7, 11) is 1.46. The molecule has 0 radical (unpaired) electrons. The average molecular weight is 328 g/mol. The van der Waals surface area contributed by atoms with Gasteiger partial charge in [0.15, 0.2) is 0 Å². The number of aromatic nitrogens is 1. The molecule has 1 aromatic carbocycles. The second-order valence-electron chi connectivity index (χ2n) is 6.80. The van der Waals surface area contributed by atoms with Gasteiger partial charge in [-0.1, -0.05) is 6.07 Å². The Morgan fingerprint density at radius 1 is 1.25 bits per heavy atom. The molecular formula is C19H24N2O3. The van der Waals surface area contributed by atoms with E-state index in [1.807, 2.05) is 12.1 Å². The molecule has 2 aromatic rings. The molecule has 1 heterocycles. The zero-order chi connectivity index (χ0) is 17.3. The van der Waals surface area contributed by atoms with Crippen LogP contribution in [-0.4, -0.2) is 23.6 Å². The van der Waals surface area contributed by atoms with Crippen molar-refractivity contribution < 1.29 is 14.3 Å². The van der Waals surface area contributed by atoms with Crippen molar-refractivity contribution in [1.82, 2.24) is 4.57 Å². The zero-order valence-corrected chi connectivity index (χ0v) is 14.2. The summed E-state index contributed by atoms with van der Waals surface area (Å²) in [6.45, 7) is 2.98. The van der Waals surface area contributed by atoms with Gasteiger partial charge in [0.25, 0.3) is 0 Å². The number of carbonyl (C=O) groups is 2. The third kappa shape index (κ3) is 3.16. The fourth-order valence-corrected chi connectivity index (χ4v) is 3.81. The van der Waals surface area contributed by atoms with E-state index in [1.54, 1.807) is 6.07 Å². The number of nitrogens with zero attached hydrogens (tertiary/aromatic N) is 1. The average Bonchev–Trinajstić information content (AvgIpc) is 2.90. The van der Waals surface area contributed by atoms with Gasteiger partial charge in [0.1, 0.15) is 0 Å². The molecule has 0 saturated heterocycles. The standard InChI is InChI=1S/C19H24N2O3/c1-12-10-21(17-9-15(18(20)22)7-8-16(12)17)11-13-3-5-14(6-4-13)19(23)24-2/h7-10,13-14H,3-6,11H2,1-2H3,(H2,20,22). The summed E-state index contributed by atoms with van der Waals surface area (Å²) in [5, 5.41) is 1.16. The summed E-state index contributed by atoms with van der Waals surface area (Å²) in [5.41, 5.74) is 8.20. The van der Waals surface area contributed by atoms with Crippen LogP contribution in [0.15, 0.2) is 24.4 Å². The van der Waals surface area contributed by atoms with Crippen LogP contribution in [0.1, 0.15) is 41.6 Å². The van der Waals surface area contributed by atoms with Gasteiger partial charge in [-0.15, -0.1) is 0 Å². The predicted octanol–water partition coefficient (Wildman–Crippen LogP) is 3.03. The molecule has 0 bridgehead atoms. The first-order chi connectivity index (χ1) is 11.5. The summed E-state index contributed by atoms with van der Waals surface area (Å²) < 4.78 is 7.07. The molecule has 5 nitrogen and oxygen atoms in total. The lowest BCUT2D eigenvalue weighted by atomic mass is 9.82. The molecule has 3 rings (SSSR count). The van der Waals surface area contributed by atoms with Crippen LogP contribution in [-0.2, 0) is 16.1 Å². The van der Waals surface area contributed by atoms with Crippen LogP contribution in [0.25, 0.3) is 10.9 Å². The molecule has 0 atom stereocenters. The largest absolute Gasteiger partial charge is 0.469 e. The number of rotatable bonds is 4. The van der Waals surface area contributed by atoms with Crippen molar-refractivity contribution in [2.45, 2.75) is 39.2 Å². The minimum atomic E-state index is -0.402. The van der Waals surface area contributed by atoms with Crippen molar-refractivity contribution in [2.24, 2.45) is 17.6 Å². The van der Waals surface area contributed by atoms with E-state index >= 15 is 0 Å². The molecule has 0 unspecified atom stereocenters. The Bertz CT molecular complexity index is 770. The number of amides is 1. The molecule has 128 valence electrons. The van der Waals surface area contributed by atoms with Crippen LogP contribution in [0.4, 0.5) is 0 Å². The highest BCUT2D eigenvalue weighted by atomic mass is 16.5. The van der Waals surface area contributed by atoms with Crippen LogP contribution in [0.5, 0.6) is 0 Å². The van der Waals surface area contributed by atoms with Gasteiger partial charge in [0.05, 0.1) is 13.0 Å². The van der Waals surface area contributed by atoms with E-state index in [2.05, 4.69) is 17.7 Å². The highest BCUT2D eigenvalue weighted by Crippen LogP contribution is 2.32. The molecule has 1 fully saturated rings. The number of esters is 1. The Morgan fingerprint density at radius 3 is 2.58 bits per heavy atom. The van der Waals surface area contributed by atoms with E-state index in [0.717, 1.165) is 43.1 Å². The van der Waals surface area contributed by atoms with Gasteiger partial charge in [-0.05, 0) is 56.2 Å². The number of methoxy groups -OCH3 is 1. The Kier molecular flexibility index (Phi) is 4.60. The number of nitrogens with two attached hydrogens (primary N) is 1. The summed E-state index contributed by atoms with van der Waals surface area (Å²) in [6, 6.07) is 5.63. The number of fused-ring (bicyclic) bond motifs is 1. The molecule has 2 N–H and O–H groups in total. The van der Waals surface area contributed by atoms with E-state index in [4.69, 9.17) is 10.5 Å². The first-order valence-corrected chi connectivity index (χ1v) is 8.46. The van der Waals surface area contributed by atoms with Crippen molar-refractivity contribution in [2.75, 3.05) is 7.11 Å². The Balaban J connectivity index is 1.77. The number of aryl methyl sites for hydroxylation is 1. The first kappa shape index (κ1) is 16.6. The number of hydrogen-bond donors (Lipinski definition) is 1. The van der Waals surface area contributed by atoms with Crippen molar-refractivity contribution in [3.05, 3.63) is 35.5 Å². The minimum Gasteiger partial charge on any atom is -0.469 e. The SMILES string of the molecule is COC(=O)C1CCC(Cn2cc(C)c3ccc(C(N)=O)cc32)CC1. The molecule has 1 aliphatic rings. The molecule has 0 aliphatic heterocycles. The van der Waals surface area contributed by atoms with Crippen LogP contribution >= 0.6 is 0 Å². The van der Waals surface area contributed by atoms with Gasteiger partial charge in [-0.3, -0.25) is 9.59 Å². The third-order valence-corrected chi connectivity index (χ3v) is 5.20. The van der Waals surface area contributed by atoms with Crippen LogP contribution in [0.3, 0.4) is 0 Å². The molecule has 1 aromatic heterocycles. The Labute approximate surface area is 141 Å². The zero-order valence-electron chi connectivity index (χ0n) is 14.2. The van der Waals surface area contributed by atoms with Crippen molar-refractivity contribution >= 4 is 22.8 Å². The Hall–Kier alpha value is -2.30. The van der Waals surface area contributed by atoms with Gasteiger partial charge in [0.2, 0.25) is 5.91 Å². The van der Waals surface area contributed by atoms with E-state index in [9.17, 15) is 9.59 Å². The maximum atomic E-state index is 11.6. The van der Waals surface area contributed by atoms with Gasteiger partial charge in [-0.25, -0.2) is 0 Å². The molecule has 0 spiro atoms. The van der Waals surface area contributed by atoms with Crippen LogP contribution in [0.2, 0.25) is 0 Å². The lowest BCUT2D eigenvalue weighted by Crippen LogP contribution is -2.24. The van der Waals surface area contributed by atoms with E-state index < -0.39 is 5.91 Å². The molecule has 1 amide bonds. The van der Waals surface area contributed by atoms with E-state index in [1.165, 1.54) is 12.7 Å². The van der Waals surface area contributed by atoms with Gasteiger partial charge < -0.3 is 15.0 Å². The van der Waals surface area contributed by atoms with Crippen molar-refractivity contribution in [3.63, 3.8) is 0 Å². The molecular weight excluding hydrogens is 304 g/mol. The number of carbonyl (C=O) groups excluding carboxylic acids is 2. The summed E-state index contributed by atoms with van der Waals surface area (Å²) in [5.74, 6) is 0.108. The molecule has 24 heavy (non-hydrogen) atoms. The quantitative estimate of drug-likeness (QED) is 0.877. The van der Waals surface area contributed by atoms with Crippen LogP contribution < -0.4 is 5.73 Å². The predicted molar refractivity (Wildman–Crippen MR) is 92.7 cm³/mol. The summed E-state index contributed by atoms with van der Waals surface area (Å²) in [4.78, 5) is 23.1. The number of hydrogen-bond acceptors (Lipinski definition) is 3. The first-order valence-electron chi connectivity index (χ1n) is 8.46. The monoisotopic (exact) mass is 328 g/mol. The van der Waals surface area contributed by atoms with Gasteiger partial charge in [0, 0.05) is 29.2 Å². The fraction of sp³-hybridized carbons (Fsp3) is 0.474. The van der Waals surface area contributed by atoms with E-state index in [0.29, 0.717) is 11.5 Å². The fourth-order valence-electron chi connectivity index (χ4n) is 3.81. The van der Waals surface area contributed by atoms with Gasteiger partial charge >= 0.3 is 5.97 Å². The lowest BCUT2D eigenvalue weighted by Gasteiger charge is -2.27. The number of ether oxygens (including phenoxy) is 1. The Morgan fingerprint density at radius 2 is 1.96 bits per heavy atom. The highest BCUT2D eigenvalue weighted by molar-refractivity contribution is 5.97. The molecule has 1 aliphatic carbocycles. The number of primary amides is 1. The molecule has 5 heteroatoms. The molecule has 1 saturated carbocycles. The second kappa shape index (κ2) is 6.67.